The van der Waals surface area contributed by atoms with E-state index in [0.717, 1.165) is 60.5 Å². The average Bonchev–Trinajstić information content (AvgIpc) is 3.55. The molecule has 0 radical (unpaired) electrons. The van der Waals surface area contributed by atoms with E-state index in [9.17, 15) is 0 Å². The van der Waals surface area contributed by atoms with Crippen LogP contribution >= 0.6 is 0 Å². The number of benzene rings is 8. The highest BCUT2D eigenvalue weighted by Gasteiger charge is 2.20. The predicted molar refractivity (Wildman–Crippen MR) is 205 cm³/mol. The standard InChI is InChI=1S/C45H33N3O/c46-44(31-14-2-1-3-15-31)48-45(43-36-19-7-5-16-33(36)27-39-34-18-6-4-13-30(34)24-25-37(39)43)47-28-29-12-10-17-32(26-29)35-21-11-23-41-42(35)38-20-8-9-22-40(38)49-41/h1-27,45,47H,28H2,(H2,46,48). The summed E-state index contributed by atoms with van der Waals surface area (Å²) in [4.78, 5) is 5.23. The third-order valence-electron chi connectivity index (χ3n) is 9.56. The first-order valence-corrected chi connectivity index (χ1v) is 16.7. The van der Waals surface area contributed by atoms with E-state index in [4.69, 9.17) is 15.1 Å². The minimum atomic E-state index is -0.417. The van der Waals surface area contributed by atoms with E-state index in [1.54, 1.807) is 0 Å². The van der Waals surface area contributed by atoms with Gasteiger partial charge in [0.15, 0.2) is 0 Å². The molecule has 0 spiro atoms. The number of nitrogens with one attached hydrogen (secondary N) is 1. The van der Waals surface area contributed by atoms with Crippen molar-refractivity contribution in [2.24, 2.45) is 10.7 Å². The molecule has 1 atom stereocenters. The second-order valence-electron chi connectivity index (χ2n) is 12.5. The van der Waals surface area contributed by atoms with Crippen LogP contribution in [-0.4, -0.2) is 5.84 Å². The summed E-state index contributed by atoms with van der Waals surface area (Å²) in [5.74, 6) is 0.493. The molecule has 49 heavy (non-hydrogen) atoms. The lowest BCUT2D eigenvalue weighted by molar-refractivity contribution is 0.561. The monoisotopic (exact) mass is 631 g/mol. The van der Waals surface area contributed by atoms with Gasteiger partial charge in [-0.25, -0.2) is 4.99 Å². The van der Waals surface area contributed by atoms with E-state index >= 15 is 0 Å². The van der Waals surface area contributed by atoms with Crippen LogP contribution in [-0.2, 0) is 6.54 Å². The predicted octanol–water partition coefficient (Wildman–Crippen LogP) is 10.9. The Labute approximate surface area is 284 Å². The molecule has 0 aliphatic rings. The van der Waals surface area contributed by atoms with E-state index in [1.807, 2.05) is 48.5 Å². The molecule has 1 heterocycles. The van der Waals surface area contributed by atoms with Crippen LogP contribution in [0.2, 0.25) is 0 Å². The van der Waals surface area contributed by atoms with E-state index in [0.29, 0.717) is 12.4 Å². The Morgan fingerprint density at radius 2 is 1.29 bits per heavy atom. The lowest BCUT2D eigenvalue weighted by Gasteiger charge is -2.22. The maximum Gasteiger partial charge on any atom is 0.136 e. The first-order valence-electron chi connectivity index (χ1n) is 16.7. The molecule has 234 valence electrons. The molecule has 0 fully saturated rings. The molecule has 8 aromatic carbocycles. The molecular formula is C45H33N3O. The highest BCUT2D eigenvalue weighted by atomic mass is 16.3. The van der Waals surface area contributed by atoms with Gasteiger partial charge in [0.25, 0.3) is 0 Å². The molecule has 0 saturated carbocycles. The van der Waals surface area contributed by atoms with Crippen LogP contribution in [0.25, 0.3) is 65.4 Å². The van der Waals surface area contributed by atoms with Crippen molar-refractivity contribution >= 4 is 60.1 Å². The van der Waals surface area contributed by atoms with Crippen molar-refractivity contribution in [2.45, 2.75) is 12.7 Å². The number of para-hydroxylation sites is 1. The van der Waals surface area contributed by atoms with Crippen molar-refractivity contribution in [3.05, 3.63) is 180 Å². The highest BCUT2D eigenvalue weighted by molar-refractivity contribution is 6.15. The molecule has 0 bridgehead atoms. The lowest BCUT2D eigenvalue weighted by atomic mass is 9.92. The number of fused-ring (bicyclic) bond motifs is 7. The molecule has 0 amide bonds. The quantitative estimate of drug-likeness (QED) is 0.0796. The Bertz CT molecular complexity index is 2690. The van der Waals surface area contributed by atoms with Gasteiger partial charge in [0, 0.05) is 28.4 Å². The molecule has 1 aromatic heterocycles. The maximum absolute atomic E-state index is 6.77. The van der Waals surface area contributed by atoms with Gasteiger partial charge in [-0.1, -0.05) is 140 Å². The number of rotatable bonds is 7. The van der Waals surface area contributed by atoms with Gasteiger partial charge in [-0.05, 0) is 73.3 Å². The zero-order chi connectivity index (χ0) is 32.7. The molecule has 9 aromatic rings. The smallest absolute Gasteiger partial charge is 0.136 e. The Kier molecular flexibility index (Phi) is 7.15. The Morgan fingerprint density at radius 1 is 0.571 bits per heavy atom. The second-order valence-corrected chi connectivity index (χ2v) is 12.5. The summed E-state index contributed by atoms with van der Waals surface area (Å²) in [6.45, 7) is 0.588. The number of aliphatic imine (C=N–C) groups is 1. The number of nitrogens with two attached hydrogens (primary N) is 1. The number of amidine groups is 1. The average molecular weight is 632 g/mol. The number of hydrogen-bond donors (Lipinski definition) is 2. The van der Waals surface area contributed by atoms with Crippen molar-refractivity contribution in [1.82, 2.24) is 5.32 Å². The summed E-state index contributed by atoms with van der Waals surface area (Å²) in [5.41, 5.74) is 14.0. The Hall–Kier alpha value is -6.23. The second kappa shape index (κ2) is 12.1. The van der Waals surface area contributed by atoms with Crippen LogP contribution in [0.5, 0.6) is 0 Å². The van der Waals surface area contributed by atoms with E-state index < -0.39 is 6.17 Å². The zero-order valence-corrected chi connectivity index (χ0v) is 26.8. The van der Waals surface area contributed by atoms with Crippen molar-refractivity contribution in [3.8, 4) is 11.1 Å². The van der Waals surface area contributed by atoms with Crippen LogP contribution in [0.15, 0.2) is 173 Å². The highest BCUT2D eigenvalue weighted by Crippen LogP contribution is 2.39. The molecule has 3 N–H and O–H groups in total. The lowest BCUT2D eigenvalue weighted by Crippen LogP contribution is -2.24. The van der Waals surface area contributed by atoms with E-state index in [-0.39, 0.29) is 0 Å². The Morgan fingerprint density at radius 3 is 2.16 bits per heavy atom. The van der Waals surface area contributed by atoms with Crippen LogP contribution in [0.1, 0.15) is 22.9 Å². The molecular weight excluding hydrogens is 599 g/mol. The van der Waals surface area contributed by atoms with Crippen molar-refractivity contribution in [3.63, 3.8) is 0 Å². The van der Waals surface area contributed by atoms with Crippen molar-refractivity contribution in [2.75, 3.05) is 0 Å². The first-order chi connectivity index (χ1) is 24.2. The molecule has 9 rings (SSSR count). The third-order valence-corrected chi connectivity index (χ3v) is 9.56. The minimum Gasteiger partial charge on any atom is -0.456 e. The van der Waals surface area contributed by atoms with Gasteiger partial charge in [-0.3, -0.25) is 5.32 Å². The normalized spacial score (nSPS) is 12.8. The van der Waals surface area contributed by atoms with Crippen LogP contribution in [0.4, 0.5) is 0 Å². The minimum absolute atomic E-state index is 0.417. The summed E-state index contributed by atoms with van der Waals surface area (Å²) >= 11 is 0. The summed E-state index contributed by atoms with van der Waals surface area (Å²) in [5, 5.41) is 13.2. The van der Waals surface area contributed by atoms with E-state index in [2.05, 4.69) is 121 Å². The van der Waals surface area contributed by atoms with Gasteiger partial charge in [0.1, 0.15) is 23.2 Å². The fraction of sp³-hybridized carbons (Fsp3) is 0.0444. The van der Waals surface area contributed by atoms with Gasteiger partial charge < -0.3 is 10.2 Å². The largest absolute Gasteiger partial charge is 0.456 e. The Balaban J connectivity index is 1.17. The van der Waals surface area contributed by atoms with Crippen LogP contribution in [0, 0.1) is 0 Å². The van der Waals surface area contributed by atoms with Crippen molar-refractivity contribution < 1.29 is 4.42 Å². The molecule has 4 nitrogen and oxygen atoms in total. The summed E-state index contributed by atoms with van der Waals surface area (Å²) in [7, 11) is 0. The van der Waals surface area contributed by atoms with Crippen molar-refractivity contribution in [1.29, 1.82) is 0 Å². The van der Waals surface area contributed by atoms with E-state index in [1.165, 1.54) is 21.5 Å². The van der Waals surface area contributed by atoms with Gasteiger partial charge in [-0.15, -0.1) is 0 Å². The summed E-state index contributed by atoms with van der Waals surface area (Å²) in [6.07, 6.45) is -0.417. The summed E-state index contributed by atoms with van der Waals surface area (Å²) in [6, 6.07) is 57.2. The topological polar surface area (TPSA) is 63.5 Å². The maximum atomic E-state index is 6.77. The van der Waals surface area contributed by atoms with Gasteiger partial charge >= 0.3 is 0 Å². The molecule has 1 unspecified atom stereocenters. The van der Waals surface area contributed by atoms with Gasteiger partial charge in [0.2, 0.25) is 0 Å². The molecule has 4 heteroatoms. The zero-order valence-electron chi connectivity index (χ0n) is 26.8. The molecule has 0 aliphatic heterocycles. The molecule has 0 aliphatic carbocycles. The SMILES string of the molecule is N/C(=N\C(NCc1cccc(-c2cccc3oc4ccccc4c23)c1)c1c2ccccc2cc2c1ccc1ccccc12)c1ccccc1. The fourth-order valence-corrected chi connectivity index (χ4v) is 7.26. The number of nitrogens with zero attached hydrogens (tertiary/aromatic N) is 1. The van der Waals surface area contributed by atoms with Gasteiger partial charge in [0.05, 0.1) is 0 Å². The van der Waals surface area contributed by atoms with Gasteiger partial charge in [-0.2, -0.15) is 0 Å². The fourth-order valence-electron chi connectivity index (χ4n) is 7.26. The van der Waals surface area contributed by atoms with Crippen LogP contribution < -0.4 is 11.1 Å². The summed E-state index contributed by atoms with van der Waals surface area (Å²) < 4.78 is 6.20. The third kappa shape index (κ3) is 5.20. The number of hydrogen-bond acceptors (Lipinski definition) is 3. The number of furan rings is 1. The molecule has 0 saturated heterocycles. The van der Waals surface area contributed by atoms with Crippen LogP contribution in [0.3, 0.4) is 0 Å². The first kappa shape index (κ1) is 29.0.